The largest absolute Gasteiger partial charge is 0.376 e. The number of carbonyl (C=O) groups is 1. The maximum Gasteiger partial charge on any atom is 0.237 e. The molecule has 2 aromatic rings. The first-order chi connectivity index (χ1) is 11.7. The van der Waals surface area contributed by atoms with Crippen LogP contribution >= 0.6 is 12.4 Å². The van der Waals surface area contributed by atoms with Crippen molar-refractivity contribution in [2.45, 2.75) is 50.7 Å². The summed E-state index contributed by atoms with van der Waals surface area (Å²) in [5.74, 6) is -0.118. The van der Waals surface area contributed by atoms with Crippen LogP contribution in [0.5, 0.6) is 0 Å². The Bertz CT molecular complexity index is 667. The van der Waals surface area contributed by atoms with Crippen LogP contribution < -0.4 is 11.1 Å². The molecule has 0 saturated heterocycles. The van der Waals surface area contributed by atoms with E-state index in [2.05, 4.69) is 10.3 Å². The minimum absolute atomic E-state index is 0. The third-order valence-electron chi connectivity index (χ3n) is 4.76. The fourth-order valence-electron chi connectivity index (χ4n) is 3.39. The molecule has 1 heterocycles. The van der Waals surface area contributed by atoms with Crippen LogP contribution in [0, 0.1) is 0 Å². The van der Waals surface area contributed by atoms with Crippen LogP contribution in [0.1, 0.15) is 37.7 Å². The van der Waals surface area contributed by atoms with Crippen LogP contribution in [-0.2, 0) is 16.0 Å². The highest BCUT2D eigenvalue weighted by Gasteiger charge is 2.17. The van der Waals surface area contributed by atoms with E-state index >= 15 is 0 Å². The topological polar surface area (TPSA) is 80.1 Å². The van der Waals surface area contributed by atoms with Crippen molar-refractivity contribution < 1.29 is 9.53 Å². The van der Waals surface area contributed by atoms with E-state index in [9.17, 15) is 4.79 Å². The van der Waals surface area contributed by atoms with E-state index in [1.807, 2.05) is 30.5 Å². The zero-order valence-corrected chi connectivity index (χ0v) is 15.3. The molecule has 1 atom stereocenters. The Kier molecular flexibility index (Phi) is 7.75. The molecule has 0 spiro atoms. The van der Waals surface area contributed by atoms with Gasteiger partial charge in [-0.05, 0) is 30.9 Å². The van der Waals surface area contributed by atoms with Gasteiger partial charge in [0.15, 0.2) is 0 Å². The molecule has 0 bridgehead atoms. The molecule has 138 valence electrons. The van der Waals surface area contributed by atoms with Crippen LogP contribution in [-0.4, -0.2) is 36.2 Å². The maximum atomic E-state index is 12.2. The molecule has 6 heteroatoms. The zero-order valence-electron chi connectivity index (χ0n) is 14.5. The summed E-state index contributed by atoms with van der Waals surface area (Å²) in [6.07, 6.45) is 8.96. The Morgan fingerprint density at radius 1 is 1.28 bits per heavy atom. The second-order valence-corrected chi connectivity index (χ2v) is 6.59. The average Bonchev–Trinajstić information content (AvgIpc) is 3.02. The number of carbonyl (C=O) groups excluding carboxylic acids is 1. The molecule has 1 fully saturated rings. The number of fused-ring (bicyclic) bond motifs is 1. The summed E-state index contributed by atoms with van der Waals surface area (Å²) in [6.45, 7) is 1.09. The number of halogens is 1. The second kappa shape index (κ2) is 9.80. The monoisotopic (exact) mass is 365 g/mol. The predicted molar refractivity (Wildman–Crippen MR) is 103 cm³/mol. The lowest BCUT2D eigenvalue weighted by Gasteiger charge is -2.22. The summed E-state index contributed by atoms with van der Waals surface area (Å²) in [5, 5.41) is 4.01. The summed E-state index contributed by atoms with van der Waals surface area (Å²) in [6, 6.07) is 7.51. The minimum atomic E-state index is -0.543. The number of nitrogens with two attached hydrogens (primary N) is 1. The van der Waals surface area contributed by atoms with Gasteiger partial charge < -0.3 is 20.8 Å². The molecule has 1 aliphatic carbocycles. The highest BCUT2D eigenvalue weighted by Crippen LogP contribution is 2.20. The van der Waals surface area contributed by atoms with Crippen molar-refractivity contribution in [3.8, 4) is 0 Å². The first-order valence-electron chi connectivity index (χ1n) is 8.94. The molecule has 0 unspecified atom stereocenters. The lowest BCUT2D eigenvalue weighted by atomic mass is 9.98. The van der Waals surface area contributed by atoms with Gasteiger partial charge in [0.25, 0.3) is 0 Å². The molecule has 1 aromatic heterocycles. The Morgan fingerprint density at radius 2 is 2.04 bits per heavy atom. The summed E-state index contributed by atoms with van der Waals surface area (Å²) < 4.78 is 5.82. The van der Waals surface area contributed by atoms with Gasteiger partial charge in [0.2, 0.25) is 5.91 Å². The van der Waals surface area contributed by atoms with Crippen molar-refractivity contribution in [2.75, 3.05) is 13.2 Å². The molecular weight excluding hydrogens is 338 g/mol. The first-order valence-corrected chi connectivity index (χ1v) is 8.94. The number of benzene rings is 1. The number of aromatic nitrogens is 1. The van der Waals surface area contributed by atoms with Gasteiger partial charge >= 0.3 is 0 Å². The molecular formula is C19H28ClN3O2. The van der Waals surface area contributed by atoms with Gasteiger partial charge in [-0.3, -0.25) is 4.79 Å². The van der Waals surface area contributed by atoms with Gasteiger partial charge in [-0.25, -0.2) is 0 Å². The number of hydrogen-bond donors (Lipinski definition) is 3. The number of aromatic amines is 1. The molecule has 3 rings (SSSR count). The van der Waals surface area contributed by atoms with Gasteiger partial charge in [0.05, 0.1) is 18.8 Å². The highest BCUT2D eigenvalue weighted by molar-refractivity contribution is 5.86. The smallest absolute Gasteiger partial charge is 0.237 e. The molecule has 5 nitrogen and oxygen atoms in total. The standard InChI is InChI=1S/C19H27N3O2.ClH/c20-17(12-14-13-22-18-9-5-4-8-16(14)18)19(23)21-10-11-24-15-6-2-1-3-7-15;/h4-5,8-9,13,15,17,22H,1-3,6-7,10-12,20H2,(H,21,23);1H/t17-;/m0./s1. The van der Waals surface area contributed by atoms with Crippen molar-refractivity contribution in [1.82, 2.24) is 10.3 Å². The Morgan fingerprint density at radius 3 is 2.84 bits per heavy atom. The molecule has 0 radical (unpaired) electrons. The van der Waals surface area contributed by atoms with E-state index in [4.69, 9.17) is 10.5 Å². The van der Waals surface area contributed by atoms with Crippen LogP contribution in [0.15, 0.2) is 30.5 Å². The van der Waals surface area contributed by atoms with E-state index in [-0.39, 0.29) is 18.3 Å². The first kappa shape index (κ1) is 19.8. The Labute approximate surface area is 155 Å². The normalized spacial score (nSPS) is 16.4. The van der Waals surface area contributed by atoms with Gasteiger partial charge in [-0.2, -0.15) is 0 Å². The van der Waals surface area contributed by atoms with E-state index < -0.39 is 6.04 Å². The SMILES string of the molecule is Cl.N[C@@H](Cc1c[nH]c2ccccc12)C(=O)NCCOC1CCCCC1. The van der Waals surface area contributed by atoms with Crippen molar-refractivity contribution in [2.24, 2.45) is 5.73 Å². The van der Waals surface area contributed by atoms with Crippen molar-refractivity contribution in [1.29, 1.82) is 0 Å². The van der Waals surface area contributed by atoms with Gasteiger partial charge in [0, 0.05) is 23.6 Å². The van der Waals surface area contributed by atoms with Gasteiger partial charge in [-0.1, -0.05) is 37.5 Å². The van der Waals surface area contributed by atoms with Crippen molar-refractivity contribution >= 4 is 29.2 Å². The number of nitrogens with one attached hydrogen (secondary N) is 2. The van der Waals surface area contributed by atoms with E-state index in [1.54, 1.807) is 0 Å². The summed E-state index contributed by atoms with van der Waals surface area (Å²) >= 11 is 0. The fraction of sp³-hybridized carbons (Fsp3) is 0.526. The summed E-state index contributed by atoms with van der Waals surface area (Å²) in [7, 11) is 0. The van der Waals surface area contributed by atoms with Crippen LogP contribution in [0.3, 0.4) is 0 Å². The quantitative estimate of drug-likeness (QED) is 0.660. The Balaban J connectivity index is 0.00000225. The lowest BCUT2D eigenvalue weighted by molar-refractivity contribution is -0.122. The number of rotatable bonds is 7. The highest BCUT2D eigenvalue weighted by atomic mass is 35.5. The van der Waals surface area contributed by atoms with Gasteiger partial charge in [0.1, 0.15) is 0 Å². The molecule has 1 saturated carbocycles. The molecule has 25 heavy (non-hydrogen) atoms. The third kappa shape index (κ3) is 5.46. The maximum absolute atomic E-state index is 12.2. The number of hydrogen-bond acceptors (Lipinski definition) is 3. The summed E-state index contributed by atoms with van der Waals surface area (Å²) in [5.41, 5.74) is 8.20. The van der Waals surface area contributed by atoms with Crippen molar-refractivity contribution in [3.63, 3.8) is 0 Å². The van der Waals surface area contributed by atoms with Crippen LogP contribution in [0.25, 0.3) is 10.9 Å². The van der Waals surface area contributed by atoms with E-state index in [0.29, 0.717) is 25.7 Å². The van der Waals surface area contributed by atoms with Gasteiger partial charge in [-0.15, -0.1) is 12.4 Å². The number of amides is 1. The van der Waals surface area contributed by atoms with Crippen LogP contribution in [0.2, 0.25) is 0 Å². The minimum Gasteiger partial charge on any atom is -0.376 e. The summed E-state index contributed by atoms with van der Waals surface area (Å²) in [4.78, 5) is 15.4. The number of H-pyrrole nitrogens is 1. The molecule has 1 amide bonds. The average molecular weight is 366 g/mol. The van der Waals surface area contributed by atoms with Crippen LogP contribution in [0.4, 0.5) is 0 Å². The van der Waals surface area contributed by atoms with E-state index in [0.717, 1.165) is 29.3 Å². The third-order valence-corrected chi connectivity index (χ3v) is 4.76. The number of para-hydroxylation sites is 1. The second-order valence-electron chi connectivity index (χ2n) is 6.59. The molecule has 0 aliphatic heterocycles. The predicted octanol–water partition coefficient (Wildman–Crippen LogP) is 2.93. The van der Waals surface area contributed by atoms with Crippen molar-refractivity contribution in [3.05, 3.63) is 36.0 Å². The fourth-order valence-corrected chi connectivity index (χ4v) is 3.39. The molecule has 1 aliphatic rings. The zero-order chi connectivity index (χ0) is 16.8. The number of ether oxygens (including phenoxy) is 1. The Hall–Kier alpha value is -1.56. The van der Waals surface area contributed by atoms with E-state index in [1.165, 1.54) is 19.3 Å². The molecule has 1 aromatic carbocycles. The molecule has 4 N–H and O–H groups in total. The lowest BCUT2D eigenvalue weighted by Crippen LogP contribution is -2.43.